The van der Waals surface area contributed by atoms with Crippen LogP contribution < -0.4 is 14.2 Å². The number of hydrogen-bond donors (Lipinski definition) is 0. The summed E-state index contributed by atoms with van der Waals surface area (Å²) in [4.78, 5) is 15.2. The summed E-state index contributed by atoms with van der Waals surface area (Å²) in [5, 5.41) is 0.714. The standard InChI is InChI=1S/C26H25NO5/c1-27(15-17-8-6-5-7-9-17)26(28)22-13-21(31-4)14-24-25(22)23(16-32-24)18-10-19(29-2)12-20(11-18)30-3/h5-14,16H,15H2,1-4H3. The van der Waals surface area contributed by atoms with E-state index < -0.39 is 0 Å². The molecule has 1 heterocycles. The lowest BCUT2D eigenvalue weighted by molar-refractivity contribution is 0.0786. The monoisotopic (exact) mass is 431 g/mol. The van der Waals surface area contributed by atoms with E-state index >= 15 is 0 Å². The molecule has 0 aliphatic rings. The zero-order chi connectivity index (χ0) is 22.7. The maximum absolute atomic E-state index is 13.5. The van der Waals surface area contributed by atoms with Gasteiger partial charge in [0.1, 0.15) is 22.8 Å². The molecule has 0 spiro atoms. The largest absolute Gasteiger partial charge is 0.497 e. The van der Waals surface area contributed by atoms with E-state index in [4.69, 9.17) is 18.6 Å². The van der Waals surface area contributed by atoms with Crippen molar-refractivity contribution in [1.29, 1.82) is 0 Å². The molecule has 4 rings (SSSR count). The van der Waals surface area contributed by atoms with Crippen LogP contribution in [0.25, 0.3) is 22.1 Å². The Bertz CT molecular complexity index is 1220. The van der Waals surface area contributed by atoms with Gasteiger partial charge in [-0.15, -0.1) is 0 Å². The van der Waals surface area contributed by atoms with Gasteiger partial charge in [-0.25, -0.2) is 0 Å². The van der Waals surface area contributed by atoms with Gasteiger partial charge in [-0.2, -0.15) is 0 Å². The van der Waals surface area contributed by atoms with Gasteiger partial charge < -0.3 is 23.5 Å². The number of carbonyl (C=O) groups excluding carboxylic acids is 1. The quantitative estimate of drug-likeness (QED) is 0.392. The van der Waals surface area contributed by atoms with E-state index in [1.54, 1.807) is 57.7 Å². The molecule has 164 valence electrons. The number of furan rings is 1. The van der Waals surface area contributed by atoms with Crippen molar-refractivity contribution in [3.05, 3.63) is 78.1 Å². The number of rotatable bonds is 7. The Balaban J connectivity index is 1.83. The first-order valence-corrected chi connectivity index (χ1v) is 10.2. The van der Waals surface area contributed by atoms with Gasteiger partial charge in [0.25, 0.3) is 5.91 Å². The highest BCUT2D eigenvalue weighted by molar-refractivity contribution is 6.11. The number of amides is 1. The van der Waals surface area contributed by atoms with Crippen molar-refractivity contribution in [1.82, 2.24) is 4.90 Å². The molecule has 0 N–H and O–H groups in total. The fourth-order valence-corrected chi connectivity index (χ4v) is 3.74. The first kappa shape index (κ1) is 21.3. The lowest BCUT2D eigenvalue weighted by Crippen LogP contribution is -2.26. The van der Waals surface area contributed by atoms with Gasteiger partial charge in [0.05, 0.1) is 33.2 Å². The number of methoxy groups -OCH3 is 3. The third kappa shape index (κ3) is 4.12. The number of fused-ring (bicyclic) bond motifs is 1. The maximum Gasteiger partial charge on any atom is 0.254 e. The molecule has 0 unspecified atom stereocenters. The summed E-state index contributed by atoms with van der Waals surface area (Å²) in [6.07, 6.45) is 1.65. The molecule has 32 heavy (non-hydrogen) atoms. The number of ether oxygens (including phenoxy) is 3. The molecular formula is C26H25NO5. The second kappa shape index (κ2) is 9.06. The molecule has 0 aliphatic carbocycles. The van der Waals surface area contributed by atoms with E-state index in [0.717, 1.165) is 16.7 Å². The van der Waals surface area contributed by atoms with Crippen molar-refractivity contribution < 1.29 is 23.4 Å². The van der Waals surface area contributed by atoms with Gasteiger partial charge in [-0.1, -0.05) is 30.3 Å². The zero-order valence-corrected chi connectivity index (χ0v) is 18.5. The van der Waals surface area contributed by atoms with E-state index in [9.17, 15) is 4.79 Å². The Kier molecular flexibility index (Phi) is 6.03. The summed E-state index contributed by atoms with van der Waals surface area (Å²) in [6, 6.07) is 19.0. The van der Waals surface area contributed by atoms with Crippen LogP contribution in [-0.2, 0) is 6.54 Å². The van der Waals surface area contributed by atoms with E-state index in [1.807, 2.05) is 42.5 Å². The summed E-state index contributed by atoms with van der Waals surface area (Å²) < 4.78 is 22.1. The maximum atomic E-state index is 13.5. The van der Waals surface area contributed by atoms with Crippen molar-refractivity contribution in [2.24, 2.45) is 0 Å². The van der Waals surface area contributed by atoms with Gasteiger partial charge in [0, 0.05) is 36.7 Å². The topological polar surface area (TPSA) is 61.1 Å². The van der Waals surface area contributed by atoms with Crippen molar-refractivity contribution >= 4 is 16.9 Å². The van der Waals surface area contributed by atoms with Crippen LogP contribution in [0.4, 0.5) is 0 Å². The fourth-order valence-electron chi connectivity index (χ4n) is 3.74. The molecule has 0 fully saturated rings. The van der Waals surface area contributed by atoms with Crippen LogP contribution in [0.15, 0.2) is 71.3 Å². The molecule has 1 aromatic heterocycles. The van der Waals surface area contributed by atoms with Gasteiger partial charge in [-0.3, -0.25) is 4.79 Å². The minimum atomic E-state index is -0.129. The third-order valence-electron chi connectivity index (χ3n) is 5.39. The minimum Gasteiger partial charge on any atom is -0.497 e. The predicted molar refractivity (Wildman–Crippen MR) is 124 cm³/mol. The molecule has 6 heteroatoms. The zero-order valence-electron chi connectivity index (χ0n) is 18.5. The van der Waals surface area contributed by atoms with Crippen LogP contribution in [0.2, 0.25) is 0 Å². The van der Waals surface area contributed by atoms with E-state index in [0.29, 0.717) is 40.3 Å². The Morgan fingerprint density at radius 1 is 0.875 bits per heavy atom. The van der Waals surface area contributed by atoms with Gasteiger partial charge in [0.15, 0.2) is 0 Å². The van der Waals surface area contributed by atoms with E-state index in [2.05, 4.69) is 0 Å². The Labute approximate surface area is 186 Å². The predicted octanol–water partition coefficient (Wildman–Crippen LogP) is 5.40. The molecule has 3 aromatic carbocycles. The van der Waals surface area contributed by atoms with Crippen LogP contribution >= 0.6 is 0 Å². The number of hydrogen-bond acceptors (Lipinski definition) is 5. The van der Waals surface area contributed by atoms with E-state index in [-0.39, 0.29) is 5.91 Å². The SMILES string of the molecule is COc1cc(OC)cc(-c2coc3cc(OC)cc(C(=O)N(C)Cc4ccccc4)c23)c1. The summed E-state index contributed by atoms with van der Waals surface area (Å²) >= 11 is 0. The molecule has 4 aromatic rings. The van der Waals surface area contributed by atoms with Gasteiger partial charge >= 0.3 is 0 Å². The van der Waals surface area contributed by atoms with Crippen molar-refractivity contribution in [2.45, 2.75) is 6.54 Å². The lowest BCUT2D eigenvalue weighted by atomic mass is 9.99. The van der Waals surface area contributed by atoms with Crippen molar-refractivity contribution in [3.63, 3.8) is 0 Å². The second-order valence-corrected chi connectivity index (χ2v) is 7.45. The summed E-state index contributed by atoms with van der Waals surface area (Å²) in [5.41, 5.74) is 3.72. The molecule has 0 radical (unpaired) electrons. The molecule has 0 bridgehead atoms. The van der Waals surface area contributed by atoms with E-state index in [1.165, 1.54) is 0 Å². The van der Waals surface area contributed by atoms with Gasteiger partial charge in [-0.05, 0) is 29.3 Å². The molecular weight excluding hydrogens is 406 g/mol. The molecule has 0 atom stereocenters. The molecule has 1 amide bonds. The summed E-state index contributed by atoms with van der Waals surface area (Å²) in [6.45, 7) is 0.485. The average molecular weight is 431 g/mol. The second-order valence-electron chi connectivity index (χ2n) is 7.45. The smallest absolute Gasteiger partial charge is 0.254 e. The Morgan fingerprint density at radius 2 is 1.50 bits per heavy atom. The minimum absolute atomic E-state index is 0.129. The van der Waals surface area contributed by atoms with Crippen molar-refractivity contribution in [3.8, 4) is 28.4 Å². The van der Waals surface area contributed by atoms with Crippen LogP contribution in [-0.4, -0.2) is 39.2 Å². The van der Waals surface area contributed by atoms with Crippen LogP contribution in [0.5, 0.6) is 17.2 Å². The van der Waals surface area contributed by atoms with Crippen molar-refractivity contribution in [2.75, 3.05) is 28.4 Å². The molecule has 6 nitrogen and oxygen atoms in total. The Morgan fingerprint density at radius 3 is 2.12 bits per heavy atom. The van der Waals surface area contributed by atoms with Crippen LogP contribution in [0, 0.1) is 0 Å². The first-order chi connectivity index (χ1) is 15.5. The molecule has 0 saturated carbocycles. The van der Waals surface area contributed by atoms with Gasteiger partial charge in [0.2, 0.25) is 0 Å². The third-order valence-corrected chi connectivity index (χ3v) is 5.39. The average Bonchev–Trinajstić information content (AvgIpc) is 3.27. The van der Waals surface area contributed by atoms with Crippen LogP contribution in [0.1, 0.15) is 15.9 Å². The Hall–Kier alpha value is -3.93. The molecule has 0 aliphatic heterocycles. The first-order valence-electron chi connectivity index (χ1n) is 10.2. The summed E-state index contributed by atoms with van der Waals surface area (Å²) in [7, 11) is 6.56. The lowest BCUT2D eigenvalue weighted by Gasteiger charge is -2.19. The summed E-state index contributed by atoms with van der Waals surface area (Å²) in [5.74, 6) is 1.72. The highest BCUT2D eigenvalue weighted by Crippen LogP contribution is 2.39. The number of nitrogens with zero attached hydrogens (tertiary/aromatic N) is 1. The molecule has 0 saturated heterocycles. The number of benzene rings is 3. The normalized spacial score (nSPS) is 10.8. The fraction of sp³-hybridized carbons (Fsp3) is 0.192. The highest BCUT2D eigenvalue weighted by Gasteiger charge is 2.22. The number of carbonyl (C=O) groups is 1. The van der Waals surface area contributed by atoms with Crippen LogP contribution in [0.3, 0.4) is 0 Å². The highest BCUT2D eigenvalue weighted by atomic mass is 16.5.